The van der Waals surface area contributed by atoms with Crippen molar-refractivity contribution in [3.05, 3.63) is 64.7 Å². The van der Waals surface area contributed by atoms with Crippen LogP contribution in [0.4, 0.5) is 0 Å². The largest absolute Gasteiger partial charge is 0.497 e. The first-order valence-electron chi connectivity index (χ1n) is 8.93. The fourth-order valence-corrected chi connectivity index (χ4v) is 4.36. The maximum absolute atomic E-state index is 13.4. The summed E-state index contributed by atoms with van der Waals surface area (Å²) in [6.45, 7) is 0. The van der Waals surface area contributed by atoms with Crippen LogP contribution in [0.1, 0.15) is 41.6 Å². The summed E-state index contributed by atoms with van der Waals surface area (Å²) in [6.07, 6.45) is 3.72. The molecule has 2 aliphatic rings. The van der Waals surface area contributed by atoms with Crippen molar-refractivity contribution in [1.82, 2.24) is 4.90 Å². The van der Waals surface area contributed by atoms with E-state index < -0.39 is 5.66 Å². The minimum Gasteiger partial charge on any atom is -0.497 e. The van der Waals surface area contributed by atoms with Crippen LogP contribution in [0.5, 0.6) is 5.75 Å². The predicted octanol–water partition coefficient (Wildman–Crippen LogP) is 4.89. The lowest BCUT2D eigenvalue weighted by atomic mass is 10.1. The SMILES string of the molecule is COc1ccc(C(=O)N2C(=S)C(c3ccc(Cl)cc3)=NC23CCCC3)cc1. The molecule has 0 unspecified atom stereocenters. The molecular weight excluding hydrogens is 380 g/mol. The average Bonchev–Trinajstić information content (AvgIpc) is 3.27. The van der Waals surface area contributed by atoms with E-state index in [-0.39, 0.29) is 5.91 Å². The number of halogens is 1. The highest BCUT2D eigenvalue weighted by Crippen LogP contribution is 2.42. The van der Waals surface area contributed by atoms with E-state index in [2.05, 4.69) is 0 Å². The van der Waals surface area contributed by atoms with Crippen molar-refractivity contribution >= 4 is 40.4 Å². The summed E-state index contributed by atoms with van der Waals surface area (Å²) in [5.41, 5.74) is 1.60. The van der Waals surface area contributed by atoms with Gasteiger partial charge in [-0.15, -0.1) is 0 Å². The minimum absolute atomic E-state index is 0.114. The van der Waals surface area contributed by atoms with Gasteiger partial charge in [0.25, 0.3) is 5.91 Å². The molecule has 0 saturated heterocycles. The van der Waals surface area contributed by atoms with Gasteiger partial charge >= 0.3 is 0 Å². The van der Waals surface area contributed by atoms with Gasteiger partial charge in [-0.2, -0.15) is 0 Å². The van der Waals surface area contributed by atoms with Gasteiger partial charge in [-0.1, -0.05) is 36.0 Å². The highest BCUT2D eigenvalue weighted by molar-refractivity contribution is 7.82. The van der Waals surface area contributed by atoms with Crippen molar-refractivity contribution in [2.45, 2.75) is 31.3 Å². The second kappa shape index (κ2) is 7.06. The first-order valence-corrected chi connectivity index (χ1v) is 9.71. The molecule has 0 aromatic heterocycles. The fraction of sp³-hybridized carbons (Fsp3) is 0.286. The highest BCUT2D eigenvalue weighted by atomic mass is 35.5. The number of hydrogen-bond acceptors (Lipinski definition) is 4. The molecule has 1 heterocycles. The number of carbonyl (C=O) groups excluding carboxylic acids is 1. The van der Waals surface area contributed by atoms with Gasteiger partial charge in [0.05, 0.1) is 7.11 Å². The number of rotatable bonds is 3. The second-order valence-electron chi connectivity index (χ2n) is 6.83. The maximum atomic E-state index is 13.4. The summed E-state index contributed by atoms with van der Waals surface area (Å²) in [4.78, 5) is 20.5. The molecule has 1 aliphatic heterocycles. The quantitative estimate of drug-likeness (QED) is 0.691. The number of thiocarbonyl (C=S) groups is 1. The fourth-order valence-electron chi connectivity index (χ4n) is 3.82. The summed E-state index contributed by atoms with van der Waals surface area (Å²) in [5.74, 6) is 0.599. The van der Waals surface area contributed by atoms with Crippen LogP contribution < -0.4 is 4.74 Å². The van der Waals surface area contributed by atoms with Crippen molar-refractivity contribution in [2.24, 2.45) is 4.99 Å². The van der Waals surface area contributed by atoms with E-state index in [1.165, 1.54) is 0 Å². The maximum Gasteiger partial charge on any atom is 0.260 e. The summed E-state index contributed by atoms with van der Waals surface area (Å²) in [6, 6.07) is 14.5. The Bertz CT molecular complexity index is 916. The number of nitrogens with zero attached hydrogens (tertiary/aromatic N) is 2. The molecule has 1 aliphatic carbocycles. The molecule has 0 radical (unpaired) electrons. The molecule has 1 saturated carbocycles. The van der Waals surface area contributed by atoms with E-state index in [4.69, 9.17) is 33.5 Å². The molecule has 4 rings (SSSR count). The lowest BCUT2D eigenvalue weighted by Crippen LogP contribution is -2.48. The van der Waals surface area contributed by atoms with Crippen molar-refractivity contribution in [1.29, 1.82) is 0 Å². The molecule has 2 aromatic carbocycles. The molecule has 2 aromatic rings. The summed E-state index contributed by atoms with van der Waals surface area (Å²) in [5, 5.41) is 0.657. The number of hydrogen-bond donors (Lipinski definition) is 0. The Morgan fingerprint density at radius 3 is 2.33 bits per heavy atom. The second-order valence-corrected chi connectivity index (χ2v) is 7.65. The summed E-state index contributed by atoms with van der Waals surface area (Å²) < 4.78 is 5.19. The van der Waals surface area contributed by atoms with Gasteiger partial charge in [-0.25, -0.2) is 0 Å². The number of carbonyl (C=O) groups is 1. The zero-order valence-electron chi connectivity index (χ0n) is 14.9. The van der Waals surface area contributed by atoms with E-state index in [9.17, 15) is 4.79 Å². The lowest BCUT2D eigenvalue weighted by molar-refractivity contribution is 0.0724. The van der Waals surface area contributed by atoms with Crippen molar-refractivity contribution < 1.29 is 9.53 Å². The van der Waals surface area contributed by atoms with Crippen LogP contribution in [0, 0.1) is 0 Å². The summed E-state index contributed by atoms with van der Waals surface area (Å²) in [7, 11) is 1.60. The van der Waals surface area contributed by atoms with Crippen molar-refractivity contribution in [3.8, 4) is 5.75 Å². The third kappa shape index (κ3) is 3.15. The monoisotopic (exact) mass is 398 g/mol. The molecule has 0 bridgehead atoms. The Kier molecular flexibility index (Phi) is 4.74. The van der Waals surface area contributed by atoms with Gasteiger partial charge in [0, 0.05) is 16.1 Å². The molecule has 0 atom stereocenters. The number of ether oxygens (including phenoxy) is 1. The van der Waals surface area contributed by atoms with Gasteiger partial charge in [-0.3, -0.25) is 14.7 Å². The normalized spacial score (nSPS) is 18.1. The summed E-state index contributed by atoms with van der Waals surface area (Å²) >= 11 is 11.7. The smallest absolute Gasteiger partial charge is 0.260 e. The molecule has 1 amide bonds. The average molecular weight is 399 g/mol. The zero-order chi connectivity index (χ0) is 19.0. The Balaban J connectivity index is 1.72. The molecule has 0 N–H and O–H groups in total. The third-order valence-electron chi connectivity index (χ3n) is 5.20. The first kappa shape index (κ1) is 18.1. The van der Waals surface area contributed by atoms with Gasteiger partial charge in [0.2, 0.25) is 0 Å². The van der Waals surface area contributed by atoms with E-state index in [1.54, 1.807) is 36.3 Å². The minimum atomic E-state index is -0.566. The van der Waals surface area contributed by atoms with Crippen LogP contribution in [-0.2, 0) is 0 Å². The van der Waals surface area contributed by atoms with E-state index in [0.29, 0.717) is 27.0 Å². The van der Waals surface area contributed by atoms with Gasteiger partial charge in [0.1, 0.15) is 22.1 Å². The topological polar surface area (TPSA) is 41.9 Å². The van der Waals surface area contributed by atoms with E-state index >= 15 is 0 Å². The zero-order valence-corrected chi connectivity index (χ0v) is 16.5. The number of amides is 1. The lowest BCUT2D eigenvalue weighted by Gasteiger charge is -2.32. The third-order valence-corrected chi connectivity index (χ3v) is 5.83. The molecule has 1 fully saturated rings. The standard InChI is InChI=1S/C21H19ClN2O2S/c1-26-17-10-6-15(7-11-17)19(25)24-20(27)18(14-4-8-16(22)9-5-14)23-21(24)12-2-3-13-21/h4-11H,2-3,12-13H2,1H3. The Morgan fingerprint density at radius 1 is 1.11 bits per heavy atom. The van der Waals surface area contributed by atoms with Crippen LogP contribution in [-0.4, -0.2) is 34.3 Å². The van der Waals surface area contributed by atoms with Gasteiger partial charge in [0.15, 0.2) is 0 Å². The van der Waals surface area contributed by atoms with Crippen LogP contribution in [0.15, 0.2) is 53.5 Å². The van der Waals surface area contributed by atoms with Gasteiger partial charge in [-0.05, 0) is 62.1 Å². The van der Waals surface area contributed by atoms with Crippen LogP contribution in [0.25, 0.3) is 0 Å². The van der Waals surface area contributed by atoms with Crippen LogP contribution in [0.3, 0.4) is 0 Å². The van der Waals surface area contributed by atoms with E-state index in [0.717, 1.165) is 31.2 Å². The molecule has 1 spiro atoms. The van der Waals surface area contributed by atoms with Crippen molar-refractivity contribution in [2.75, 3.05) is 7.11 Å². The molecule has 27 heavy (non-hydrogen) atoms. The Hall–Kier alpha value is -2.24. The Labute approximate surface area is 168 Å². The number of benzene rings is 2. The molecule has 6 heteroatoms. The molecular formula is C21H19ClN2O2S. The highest BCUT2D eigenvalue weighted by Gasteiger charge is 2.50. The van der Waals surface area contributed by atoms with E-state index in [1.807, 2.05) is 24.3 Å². The van der Waals surface area contributed by atoms with Gasteiger partial charge < -0.3 is 4.74 Å². The number of methoxy groups -OCH3 is 1. The first-order chi connectivity index (χ1) is 13.0. The molecule has 138 valence electrons. The van der Waals surface area contributed by atoms with Crippen LogP contribution >= 0.6 is 23.8 Å². The molecule has 4 nitrogen and oxygen atoms in total. The number of aliphatic imine (C=N–C) groups is 1. The Morgan fingerprint density at radius 2 is 1.74 bits per heavy atom. The van der Waals surface area contributed by atoms with Crippen molar-refractivity contribution in [3.63, 3.8) is 0 Å². The predicted molar refractivity (Wildman–Crippen MR) is 111 cm³/mol. The van der Waals surface area contributed by atoms with Crippen LogP contribution in [0.2, 0.25) is 5.02 Å².